The molecule has 0 saturated carbocycles. The van der Waals surface area contributed by atoms with Crippen LogP contribution in [0, 0.1) is 0 Å². The van der Waals surface area contributed by atoms with Gasteiger partial charge in [0.25, 0.3) is 0 Å². The number of rotatable bonds is 8. The minimum atomic E-state index is -1.13. The number of carbonyl (C=O) groups excluding carboxylic acids is 3. The van der Waals surface area contributed by atoms with Crippen molar-refractivity contribution in [1.29, 1.82) is 0 Å². The number of esters is 1. The second-order valence-electron chi connectivity index (χ2n) is 5.74. The Morgan fingerprint density at radius 2 is 1.92 bits per heavy atom. The van der Waals surface area contributed by atoms with E-state index in [1.165, 1.54) is 11.3 Å². The topological polar surface area (TPSA) is 72.5 Å². The number of hydrogen-bond acceptors (Lipinski definition) is 5. The summed E-state index contributed by atoms with van der Waals surface area (Å²) >= 11 is 1.46. The minimum absolute atomic E-state index is 0.176. The molecule has 1 aromatic heterocycles. The fourth-order valence-electron chi connectivity index (χ4n) is 2.63. The van der Waals surface area contributed by atoms with E-state index in [9.17, 15) is 14.4 Å². The van der Waals surface area contributed by atoms with Crippen molar-refractivity contribution in [2.45, 2.75) is 45.4 Å². The van der Waals surface area contributed by atoms with Gasteiger partial charge in [0.1, 0.15) is 0 Å². The molecule has 1 unspecified atom stereocenters. The number of benzene rings is 1. The van der Waals surface area contributed by atoms with Gasteiger partial charge in [0, 0.05) is 11.1 Å². The summed E-state index contributed by atoms with van der Waals surface area (Å²) in [5, 5.41) is 4.97. The summed E-state index contributed by atoms with van der Waals surface area (Å²) in [5.74, 6) is -2.74. The van der Waals surface area contributed by atoms with Crippen molar-refractivity contribution in [1.82, 2.24) is 5.32 Å². The Morgan fingerprint density at radius 3 is 2.64 bits per heavy atom. The second-order valence-corrected chi connectivity index (χ2v) is 6.65. The number of ether oxygens (including phenoxy) is 1. The van der Waals surface area contributed by atoms with Crippen molar-refractivity contribution >= 4 is 39.2 Å². The molecule has 0 saturated heterocycles. The maximum absolute atomic E-state index is 12.6. The van der Waals surface area contributed by atoms with Gasteiger partial charge in [-0.1, -0.05) is 38.0 Å². The largest absolute Gasteiger partial charge is 0.465 e. The first-order valence-corrected chi connectivity index (χ1v) is 9.42. The first-order chi connectivity index (χ1) is 12.1. The molecule has 0 spiro atoms. The van der Waals surface area contributed by atoms with Gasteiger partial charge in [0.15, 0.2) is 5.92 Å². The number of fused-ring (bicyclic) bond motifs is 1. The molecule has 1 atom stereocenters. The third-order valence-electron chi connectivity index (χ3n) is 3.88. The first-order valence-electron chi connectivity index (χ1n) is 8.54. The molecule has 0 aliphatic heterocycles. The Balaban J connectivity index is 2.22. The molecule has 0 radical (unpaired) electrons. The zero-order valence-electron chi connectivity index (χ0n) is 14.5. The fraction of sp³-hybridized carbons (Fsp3) is 0.421. The molecular weight excluding hydrogens is 338 g/mol. The van der Waals surface area contributed by atoms with E-state index < -0.39 is 17.8 Å². The van der Waals surface area contributed by atoms with Crippen molar-refractivity contribution in [3.8, 4) is 0 Å². The van der Waals surface area contributed by atoms with E-state index in [4.69, 9.17) is 4.74 Å². The Kier molecular flexibility index (Phi) is 7.13. The second kappa shape index (κ2) is 9.32. The lowest BCUT2D eigenvalue weighted by atomic mass is 9.97. The molecule has 134 valence electrons. The lowest BCUT2D eigenvalue weighted by Gasteiger charge is -2.15. The summed E-state index contributed by atoms with van der Waals surface area (Å²) < 4.78 is 6.05. The normalized spacial score (nSPS) is 11.9. The van der Waals surface area contributed by atoms with Gasteiger partial charge in [-0.15, -0.1) is 11.3 Å². The van der Waals surface area contributed by atoms with Crippen molar-refractivity contribution in [3.63, 3.8) is 0 Å². The van der Waals surface area contributed by atoms with Crippen LogP contribution >= 0.6 is 11.3 Å². The molecule has 0 bridgehead atoms. The quantitative estimate of drug-likeness (QED) is 0.441. The van der Waals surface area contributed by atoms with Gasteiger partial charge in [0.05, 0.1) is 6.61 Å². The van der Waals surface area contributed by atoms with E-state index in [1.54, 1.807) is 12.3 Å². The van der Waals surface area contributed by atoms with Crippen molar-refractivity contribution in [2.24, 2.45) is 0 Å². The molecule has 25 heavy (non-hydrogen) atoms. The van der Waals surface area contributed by atoms with Crippen LogP contribution in [0.15, 0.2) is 29.6 Å². The Labute approximate surface area is 151 Å². The highest BCUT2D eigenvalue weighted by Gasteiger charge is 2.33. The first kappa shape index (κ1) is 19.1. The lowest BCUT2D eigenvalue weighted by molar-refractivity contribution is -0.148. The van der Waals surface area contributed by atoms with E-state index in [0.717, 1.165) is 29.3 Å². The van der Waals surface area contributed by atoms with E-state index in [0.29, 0.717) is 5.56 Å². The number of thiophene rings is 1. The molecule has 6 heteroatoms. The van der Waals surface area contributed by atoms with Crippen LogP contribution in [0.2, 0.25) is 0 Å². The van der Waals surface area contributed by atoms with Gasteiger partial charge in [0.2, 0.25) is 11.8 Å². The van der Waals surface area contributed by atoms with E-state index in [2.05, 4.69) is 5.32 Å². The molecular formula is C19H23NO4S. The van der Waals surface area contributed by atoms with Crippen LogP contribution in [0.4, 0.5) is 0 Å². The van der Waals surface area contributed by atoms with Gasteiger partial charge in [-0.2, -0.15) is 0 Å². The summed E-state index contributed by atoms with van der Waals surface area (Å²) in [7, 11) is 0. The number of unbranched alkanes of at least 4 members (excludes halogenated alkanes) is 2. The lowest BCUT2D eigenvalue weighted by Crippen LogP contribution is -2.38. The van der Waals surface area contributed by atoms with Crippen molar-refractivity contribution in [2.75, 3.05) is 6.61 Å². The summed E-state index contributed by atoms with van der Waals surface area (Å²) in [4.78, 5) is 37.0. The molecule has 0 aliphatic carbocycles. The van der Waals surface area contributed by atoms with Crippen molar-refractivity contribution in [3.05, 3.63) is 35.2 Å². The number of imide groups is 1. The summed E-state index contributed by atoms with van der Waals surface area (Å²) in [6, 6.07) is 7.55. The molecule has 2 aromatic rings. The van der Waals surface area contributed by atoms with Crippen LogP contribution in [0.3, 0.4) is 0 Å². The van der Waals surface area contributed by atoms with E-state index in [-0.39, 0.29) is 18.9 Å². The minimum Gasteiger partial charge on any atom is -0.465 e. The fourth-order valence-corrected chi connectivity index (χ4v) is 3.62. The molecule has 2 amide bonds. The predicted octanol–water partition coefficient (Wildman–Crippen LogP) is 3.77. The SMILES string of the molecule is CCCCCC(=O)NC(=O)C(C(=O)OCC)c1csc2ccccc12. The van der Waals surface area contributed by atoms with Crippen LogP contribution < -0.4 is 5.32 Å². The molecule has 0 aliphatic rings. The van der Waals surface area contributed by atoms with Crippen LogP contribution in [0.5, 0.6) is 0 Å². The Morgan fingerprint density at radius 1 is 1.16 bits per heavy atom. The van der Waals surface area contributed by atoms with Gasteiger partial charge < -0.3 is 4.74 Å². The van der Waals surface area contributed by atoms with Crippen LogP contribution in [0.1, 0.15) is 51.0 Å². The zero-order valence-corrected chi connectivity index (χ0v) is 15.4. The van der Waals surface area contributed by atoms with Crippen molar-refractivity contribution < 1.29 is 19.1 Å². The maximum atomic E-state index is 12.6. The average molecular weight is 361 g/mol. The third-order valence-corrected chi connectivity index (χ3v) is 4.86. The van der Waals surface area contributed by atoms with Gasteiger partial charge in [-0.25, -0.2) is 0 Å². The summed E-state index contributed by atoms with van der Waals surface area (Å²) in [6.07, 6.45) is 2.92. The molecule has 0 fully saturated rings. The number of nitrogens with one attached hydrogen (secondary N) is 1. The standard InChI is InChI=1S/C19H23NO4S/c1-3-5-6-11-16(21)20-18(22)17(19(23)24-4-2)14-12-25-15-10-8-7-9-13(14)15/h7-10,12,17H,3-6,11H2,1-2H3,(H,20,21,22). The highest BCUT2D eigenvalue weighted by Crippen LogP contribution is 2.32. The smallest absolute Gasteiger partial charge is 0.323 e. The molecule has 2 rings (SSSR count). The average Bonchev–Trinajstić information content (AvgIpc) is 2.99. The highest BCUT2D eigenvalue weighted by atomic mass is 32.1. The monoisotopic (exact) mass is 361 g/mol. The van der Waals surface area contributed by atoms with Gasteiger partial charge in [-0.3, -0.25) is 19.7 Å². The van der Waals surface area contributed by atoms with E-state index in [1.807, 2.05) is 31.2 Å². The molecule has 1 aromatic carbocycles. The van der Waals surface area contributed by atoms with Crippen LogP contribution in [-0.2, 0) is 19.1 Å². The summed E-state index contributed by atoms with van der Waals surface area (Å²) in [5.41, 5.74) is 0.581. The van der Waals surface area contributed by atoms with Crippen LogP contribution in [0.25, 0.3) is 10.1 Å². The Hall–Kier alpha value is -2.21. The number of carbonyl (C=O) groups is 3. The Bertz CT molecular complexity index is 753. The predicted molar refractivity (Wildman–Crippen MR) is 98.5 cm³/mol. The molecule has 5 nitrogen and oxygen atoms in total. The summed E-state index contributed by atoms with van der Waals surface area (Å²) in [6.45, 7) is 3.91. The molecule has 1 heterocycles. The van der Waals surface area contributed by atoms with Crippen LogP contribution in [-0.4, -0.2) is 24.4 Å². The highest BCUT2D eigenvalue weighted by molar-refractivity contribution is 7.17. The number of amides is 2. The third kappa shape index (κ3) is 4.89. The van der Waals surface area contributed by atoms with Gasteiger partial charge >= 0.3 is 5.97 Å². The molecule has 1 N–H and O–H groups in total. The number of hydrogen-bond donors (Lipinski definition) is 1. The van der Waals surface area contributed by atoms with E-state index >= 15 is 0 Å². The maximum Gasteiger partial charge on any atom is 0.323 e. The zero-order chi connectivity index (χ0) is 18.2. The van der Waals surface area contributed by atoms with Gasteiger partial charge in [-0.05, 0) is 35.7 Å².